The molecule has 2 heterocycles. The molecule has 1 amide bonds. The van der Waals surface area contributed by atoms with Gasteiger partial charge in [0, 0.05) is 49.7 Å². The number of nitrogens with one attached hydrogen (secondary N) is 2. The number of carbonyl (C=O) groups excluding carboxylic acids is 1. The number of alkyl halides is 3. The molecule has 1 aliphatic heterocycles. The zero-order chi connectivity index (χ0) is 26.0. The number of H-pyrrole nitrogens is 1. The van der Waals surface area contributed by atoms with E-state index in [1.165, 1.54) is 12.1 Å². The van der Waals surface area contributed by atoms with Crippen LogP contribution < -0.4 is 10.2 Å². The first kappa shape index (κ1) is 25.5. The second kappa shape index (κ2) is 10.7. The van der Waals surface area contributed by atoms with E-state index in [1.807, 2.05) is 34.1 Å². The number of hydrogen-bond donors (Lipinski definition) is 2. The Bertz CT molecular complexity index is 1310. The number of nitrogens with zero attached hydrogens (tertiary/aromatic N) is 3. The van der Waals surface area contributed by atoms with Gasteiger partial charge in [-0.15, -0.1) is 0 Å². The predicted molar refractivity (Wildman–Crippen MR) is 141 cm³/mol. The van der Waals surface area contributed by atoms with Gasteiger partial charge in [-0.2, -0.15) is 13.2 Å². The van der Waals surface area contributed by atoms with E-state index in [-0.39, 0.29) is 11.8 Å². The molecule has 0 unspecified atom stereocenters. The van der Waals surface area contributed by atoms with Crippen molar-refractivity contribution in [2.24, 2.45) is 11.8 Å². The Hall–Kier alpha value is -3.14. The van der Waals surface area contributed by atoms with Crippen LogP contribution in [0.3, 0.4) is 0 Å². The number of fused-ring (bicyclic) bond motifs is 1. The number of halogens is 3. The van der Waals surface area contributed by atoms with E-state index in [1.54, 1.807) is 6.07 Å². The number of carbonyl (C=O) groups is 1. The minimum Gasteiger partial charge on any atom is -0.369 e. The van der Waals surface area contributed by atoms with Crippen molar-refractivity contribution in [2.45, 2.75) is 31.9 Å². The zero-order valence-electron chi connectivity index (χ0n) is 20.4. The van der Waals surface area contributed by atoms with Crippen LogP contribution in [0.5, 0.6) is 0 Å². The van der Waals surface area contributed by atoms with Crippen molar-refractivity contribution in [3.05, 3.63) is 58.9 Å². The molecule has 0 spiro atoms. The van der Waals surface area contributed by atoms with Crippen LogP contribution in [-0.4, -0.2) is 53.5 Å². The van der Waals surface area contributed by atoms with Crippen LogP contribution in [0, 0.1) is 16.6 Å². The highest BCUT2D eigenvalue weighted by molar-refractivity contribution is 7.71. The molecule has 10 heteroatoms. The maximum absolute atomic E-state index is 13.2. The number of anilines is 2. The summed E-state index contributed by atoms with van der Waals surface area (Å²) in [5, 5.41) is 4.47. The van der Waals surface area contributed by atoms with Gasteiger partial charge in [0.2, 0.25) is 5.91 Å². The van der Waals surface area contributed by atoms with Crippen LogP contribution in [0.25, 0.3) is 10.9 Å². The first-order valence-electron chi connectivity index (χ1n) is 12.7. The summed E-state index contributed by atoms with van der Waals surface area (Å²) in [6.45, 7) is 2.92. The lowest BCUT2D eigenvalue weighted by molar-refractivity contribution is -0.138. The van der Waals surface area contributed by atoms with Crippen LogP contribution >= 0.6 is 12.2 Å². The molecular formula is C27H30F3N5OS. The summed E-state index contributed by atoms with van der Waals surface area (Å²) in [6, 6.07) is 13.3. The Labute approximate surface area is 218 Å². The lowest BCUT2D eigenvalue weighted by Crippen LogP contribution is -2.50. The molecule has 3 aromatic rings. The third kappa shape index (κ3) is 5.89. The largest absolute Gasteiger partial charge is 0.416 e. The van der Waals surface area contributed by atoms with Crippen LogP contribution in [0.2, 0.25) is 0 Å². The highest BCUT2D eigenvalue weighted by Gasteiger charge is 2.33. The molecule has 1 saturated carbocycles. The fourth-order valence-electron chi connectivity index (χ4n) is 5.41. The van der Waals surface area contributed by atoms with Gasteiger partial charge in [-0.05, 0) is 74.2 Å². The Kier molecular flexibility index (Phi) is 7.37. The Morgan fingerprint density at radius 2 is 1.76 bits per heavy atom. The minimum atomic E-state index is -4.36. The molecule has 1 aromatic heterocycles. The minimum absolute atomic E-state index is 0.0147. The quantitative estimate of drug-likeness (QED) is 0.404. The van der Waals surface area contributed by atoms with Crippen molar-refractivity contribution in [3.8, 4) is 0 Å². The fourth-order valence-corrected chi connectivity index (χ4v) is 5.62. The second-order valence-corrected chi connectivity index (χ2v) is 10.3. The Morgan fingerprint density at radius 1 is 1.03 bits per heavy atom. The van der Waals surface area contributed by atoms with E-state index >= 15 is 0 Å². The molecule has 0 atom stereocenters. The van der Waals surface area contributed by atoms with E-state index in [4.69, 9.17) is 12.2 Å². The summed E-state index contributed by atoms with van der Waals surface area (Å²) in [5.74, 6) is 1.44. The van der Waals surface area contributed by atoms with Crippen LogP contribution in [0.15, 0.2) is 48.5 Å². The van der Waals surface area contributed by atoms with Gasteiger partial charge in [-0.1, -0.05) is 18.2 Å². The second-order valence-electron chi connectivity index (χ2n) is 9.90. The summed E-state index contributed by atoms with van der Waals surface area (Å²) >= 11 is 5.26. The third-order valence-electron chi connectivity index (χ3n) is 7.52. The average molecular weight is 530 g/mol. The van der Waals surface area contributed by atoms with E-state index in [0.29, 0.717) is 42.6 Å². The molecular weight excluding hydrogens is 499 g/mol. The fraction of sp³-hybridized carbons (Fsp3) is 0.444. The van der Waals surface area contributed by atoms with Gasteiger partial charge in [-0.25, -0.2) is 4.98 Å². The number of hydrogen-bond acceptors (Lipinski definition) is 5. The number of amides is 1. The van der Waals surface area contributed by atoms with Crippen LogP contribution in [0.4, 0.5) is 24.7 Å². The monoisotopic (exact) mass is 529 g/mol. The number of aromatic nitrogens is 2. The summed E-state index contributed by atoms with van der Waals surface area (Å²) in [5.41, 5.74) is 0.859. The highest BCUT2D eigenvalue weighted by atomic mass is 32.1. The average Bonchev–Trinajstić information content (AvgIpc) is 2.91. The number of para-hydroxylation sites is 1. The molecule has 2 N–H and O–H groups in total. The number of aromatic amines is 1. The lowest BCUT2D eigenvalue weighted by Gasteiger charge is -2.39. The molecule has 37 heavy (non-hydrogen) atoms. The molecule has 1 saturated heterocycles. The van der Waals surface area contributed by atoms with E-state index in [2.05, 4.69) is 15.3 Å². The maximum Gasteiger partial charge on any atom is 0.416 e. The van der Waals surface area contributed by atoms with E-state index in [9.17, 15) is 18.0 Å². The smallest absolute Gasteiger partial charge is 0.369 e. The summed E-state index contributed by atoms with van der Waals surface area (Å²) in [6.07, 6.45) is -0.735. The van der Waals surface area contributed by atoms with Crippen molar-refractivity contribution in [2.75, 3.05) is 42.9 Å². The van der Waals surface area contributed by atoms with Gasteiger partial charge in [0.15, 0.2) is 4.77 Å². The van der Waals surface area contributed by atoms with Gasteiger partial charge >= 0.3 is 6.18 Å². The third-order valence-corrected chi connectivity index (χ3v) is 7.71. The lowest BCUT2D eigenvalue weighted by atomic mass is 9.81. The molecule has 196 valence electrons. The van der Waals surface area contributed by atoms with E-state index < -0.39 is 11.7 Å². The normalized spacial score (nSPS) is 20.7. The molecule has 0 radical (unpaired) electrons. The summed E-state index contributed by atoms with van der Waals surface area (Å²) in [7, 11) is 0. The molecule has 2 aromatic carbocycles. The maximum atomic E-state index is 13.2. The van der Waals surface area contributed by atoms with Gasteiger partial charge < -0.3 is 20.1 Å². The molecule has 2 aliphatic rings. The van der Waals surface area contributed by atoms with Gasteiger partial charge in [0.05, 0.1) is 11.1 Å². The van der Waals surface area contributed by atoms with Crippen molar-refractivity contribution in [1.29, 1.82) is 0 Å². The SMILES string of the molecule is O=C(C1CCC(CNc2nc(=S)[nH]c3ccccc23)CC1)N1CCN(c2cccc(C(F)(F)F)c2)CC1. The first-order valence-corrected chi connectivity index (χ1v) is 13.1. The number of benzene rings is 2. The van der Waals surface area contributed by atoms with Gasteiger partial charge in [0.25, 0.3) is 0 Å². The topological polar surface area (TPSA) is 64.3 Å². The number of piperazine rings is 1. The molecule has 5 rings (SSSR count). The molecule has 2 fully saturated rings. The highest BCUT2D eigenvalue weighted by Crippen LogP contribution is 2.33. The van der Waals surface area contributed by atoms with Gasteiger partial charge in [0.1, 0.15) is 5.82 Å². The van der Waals surface area contributed by atoms with Crippen molar-refractivity contribution in [1.82, 2.24) is 14.9 Å². The predicted octanol–water partition coefficient (Wildman–Crippen LogP) is 5.88. The Morgan fingerprint density at radius 3 is 2.49 bits per heavy atom. The molecule has 0 bridgehead atoms. The van der Waals surface area contributed by atoms with Gasteiger partial charge in [-0.3, -0.25) is 4.79 Å². The standard InChI is InChI=1S/C27H30F3N5OS/c28-27(29,30)20-4-3-5-21(16-20)34-12-14-35(15-13-34)25(36)19-10-8-18(9-11-19)17-31-24-22-6-1-2-7-23(22)32-26(37)33-24/h1-7,16,18-19H,8-15,17H2,(H2,31,32,33,37). The van der Waals surface area contributed by atoms with E-state index in [0.717, 1.165) is 55.0 Å². The molecule has 1 aliphatic carbocycles. The Balaban J connectivity index is 1.10. The van der Waals surface area contributed by atoms with Crippen molar-refractivity contribution < 1.29 is 18.0 Å². The zero-order valence-corrected chi connectivity index (χ0v) is 21.2. The first-order chi connectivity index (χ1) is 17.8. The van der Waals surface area contributed by atoms with Crippen molar-refractivity contribution >= 4 is 40.5 Å². The summed E-state index contributed by atoms with van der Waals surface area (Å²) < 4.78 is 39.6. The molecule has 6 nitrogen and oxygen atoms in total. The summed E-state index contributed by atoms with van der Waals surface area (Å²) in [4.78, 5) is 24.6. The van der Waals surface area contributed by atoms with Crippen LogP contribution in [-0.2, 0) is 11.0 Å². The van der Waals surface area contributed by atoms with Crippen molar-refractivity contribution in [3.63, 3.8) is 0 Å². The van der Waals surface area contributed by atoms with Crippen LogP contribution in [0.1, 0.15) is 31.2 Å². The number of rotatable bonds is 5.